The smallest absolute Gasteiger partial charge is 0.500 e. The number of rotatable bonds is 15. The van der Waals surface area contributed by atoms with Gasteiger partial charge in [-0.1, -0.05) is 197 Å². The number of aryl methyl sites for hydroxylation is 4. The minimum Gasteiger partial charge on any atom is -0.500 e. The summed E-state index contributed by atoms with van der Waals surface area (Å²) in [6, 6.07) is 93.5. The number of furan rings is 2. The van der Waals surface area contributed by atoms with Crippen LogP contribution in [0, 0.1) is 24.0 Å². The van der Waals surface area contributed by atoms with Crippen molar-refractivity contribution in [2.75, 3.05) is 0 Å². The van der Waals surface area contributed by atoms with Crippen LogP contribution in [0.25, 0.3) is 128 Å². The van der Waals surface area contributed by atoms with Gasteiger partial charge in [0, 0.05) is 57.8 Å². The fourth-order valence-electron chi connectivity index (χ4n) is 13.1. The summed E-state index contributed by atoms with van der Waals surface area (Å²) in [5.41, 5.74) is 23.8. The van der Waals surface area contributed by atoms with Crippen LogP contribution in [-0.4, -0.2) is 19.5 Å². The van der Waals surface area contributed by atoms with Gasteiger partial charge in [0.05, 0.1) is 11.4 Å². The molecule has 8 heteroatoms. The van der Waals surface area contributed by atoms with Gasteiger partial charge in [0.2, 0.25) is 0 Å². The van der Waals surface area contributed by atoms with Crippen molar-refractivity contribution in [3.8, 4) is 73.0 Å². The molecule has 0 amide bonds. The molecule has 6 nitrogen and oxygen atoms in total. The number of halogens is 1. The first-order valence-electron chi connectivity index (χ1n) is 32.3. The van der Waals surface area contributed by atoms with E-state index in [1.807, 2.05) is 61.1 Å². The van der Waals surface area contributed by atoms with Crippen LogP contribution in [0.5, 0.6) is 0 Å². The Bertz CT molecular complexity index is 5340. The molecule has 0 N–H and O–H groups in total. The predicted octanol–water partition coefficient (Wildman–Crippen LogP) is 22.7. The third-order valence-corrected chi connectivity index (χ3v) is 18.0. The Hall–Kier alpha value is -10.6. The van der Waals surface area contributed by atoms with E-state index < -0.39 is 0 Å². The first-order chi connectivity index (χ1) is 46.1. The number of para-hydroxylation sites is 1. The zero-order valence-corrected chi connectivity index (χ0v) is 55.6. The SMILES string of the molecule is CC(C)c1cc(-c2ccc3c(c2)oc2ccccc23)cc(C(C)C)c1-n1ccnc1-c1[c-]ccc2c1oc1c3ccc(-c4ccccc4)cc3ccc21.Fc1c[c-]c(-c2ccc(CCc3cc(CCc4c[c-]c(-c5ccccn5)cc4)cc(-c4ccccc4)c3)cn2)cc1.[Ir+3]. The molecule has 5 heterocycles. The number of benzene rings is 11. The van der Waals surface area contributed by atoms with Crippen LogP contribution in [0.4, 0.5) is 4.39 Å². The number of nitrogens with zero attached hydrogens (tertiary/aromatic N) is 4. The molecule has 16 aromatic rings. The molecule has 0 saturated heterocycles. The molecule has 0 spiro atoms. The van der Waals surface area contributed by atoms with E-state index in [0.717, 1.165) is 125 Å². The van der Waals surface area contributed by atoms with Gasteiger partial charge in [-0.3, -0.25) is 9.37 Å². The van der Waals surface area contributed by atoms with Crippen LogP contribution < -0.4 is 0 Å². The third kappa shape index (κ3) is 12.8. The molecule has 16 rings (SSSR count). The van der Waals surface area contributed by atoms with Crippen molar-refractivity contribution < 1.29 is 33.3 Å². The Morgan fingerprint density at radius 2 is 1.03 bits per heavy atom. The van der Waals surface area contributed by atoms with Crippen molar-refractivity contribution in [2.24, 2.45) is 0 Å². The molecular formula is C87H66FIrN4O2. The number of hydrogen-bond donors (Lipinski definition) is 0. The molecular weight excluding hydrogens is 1340 g/mol. The van der Waals surface area contributed by atoms with E-state index in [1.54, 1.807) is 6.07 Å². The first-order valence-corrected chi connectivity index (χ1v) is 32.3. The quantitative estimate of drug-likeness (QED) is 0.0957. The summed E-state index contributed by atoms with van der Waals surface area (Å²) < 4.78 is 28.6. The first kappa shape index (κ1) is 61.9. The number of pyridine rings is 2. The maximum atomic E-state index is 13.2. The van der Waals surface area contributed by atoms with Gasteiger partial charge in [0.25, 0.3) is 0 Å². The van der Waals surface area contributed by atoms with E-state index in [2.05, 4.69) is 249 Å². The number of hydrogen-bond acceptors (Lipinski definition) is 5. The number of aromatic nitrogens is 4. The van der Waals surface area contributed by atoms with Crippen molar-refractivity contribution >= 4 is 54.6 Å². The Balaban J connectivity index is 0.000000168. The van der Waals surface area contributed by atoms with Crippen LogP contribution >= 0.6 is 0 Å². The maximum absolute atomic E-state index is 13.2. The summed E-state index contributed by atoms with van der Waals surface area (Å²) in [7, 11) is 0. The fraction of sp³-hybridized carbons (Fsp3) is 0.115. The van der Waals surface area contributed by atoms with E-state index in [4.69, 9.17) is 13.8 Å². The van der Waals surface area contributed by atoms with Crippen molar-refractivity contribution in [1.29, 1.82) is 0 Å². The van der Waals surface area contributed by atoms with Crippen LogP contribution in [0.15, 0.2) is 276 Å². The van der Waals surface area contributed by atoms with Gasteiger partial charge in [-0.2, -0.15) is 0 Å². The molecule has 462 valence electrons. The molecule has 0 atom stereocenters. The topological polar surface area (TPSA) is 69.9 Å². The zero-order valence-electron chi connectivity index (χ0n) is 53.2. The minimum absolute atomic E-state index is 0. The van der Waals surface area contributed by atoms with Crippen LogP contribution in [-0.2, 0) is 45.8 Å². The van der Waals surface area contributed by atoms with E-state index in [-0.39, 0.29) is 37.8 Å². The van der Waals surface area contributed by atoms with Crippen LogP contribution in [0.3, 0.4) is 0 Å². The van der Waals surface area contributed by atoms with Gasteiger partial charge in [0.15, 0.2) is 0 Å². The number of fused-ring (bicyclic) bond motifs is 8. The van der Waals surface area contributed by atoms with Crippen molar-refractivity contribution in [2.45, 2.75) is 65.2 Å². The monoisotopic (exact) mass is 1410 g/mol. The molecule has 0 aliphatic rings. The molecule has 0 bridgehead atoms. The van der Waals surface area contributed by atoms with Gasteiger partial charge in [0.1, 0.15) is 16.7 Å². The molecule has 0 radical (unpaired) electrons. The fourth-order valence-corrected chi connectivity index (χ4v) is 13.1. The van der Waals surface area contributed by atoms with E-state index in [0.29, 0.717) is 0 Å². The van der Waals surface area contributed by atoms with Gasteiger partial charge in [-0.05, 0) is 152 Å². The molecule has 5 aromatic heterocycles. The third-order valence-electron chi connectivity index (χ3n) is 18.0. The van der Waals surface area contributed by atoms with Crippen molar-refractivity contribution in [3.63, 3.8) is 0 Å². The average Bonchev–Trinajstić information content (AvgIpc) is 1.43. The molecule has 0 aliphatic heterocycles. The van der Waals surface area contributed by atoms with Gasteiger partial charge < -0.3 is 23.4 Å². The number of imidazole rings is 1. The van der Waals surface area contributed by atoms with Crippen LogP contribution in [0.2, 0.25) is 0 Å². The Kier molecular flexibility index (Phi) is 17.7. The maximum Gasteiger partial charge on any atom is 3.00 e. The van der Waals surface area contributed by atoms with E-state index in [9.17, 15) is 4.39 Å². The van der Waals surface area contributed by atoms with Gasteiger partial charge in [-0.15, -0.1) is 83.4 Å². The normalized spacial score (nSPS) is 11.5. The summed E-state index contributed by atoms with van der Waals surface area (Å²) in [6.07, 6.45) is 11.4. The largest absolute Gasteiger partial charge is 3.00 e. The second kappa shape index (κ2) is 27.1. The van der Waals surface area contributed by atoms with Gasteiger partial charge in [-0.25, -0.2) is 0 Å². The Morgan fingerprint density at radius 1 is 0.421 bits per heavy atom. The molecule has 0 aliphatic carbocycles. The van der Waals surface area contributed by atoms with Crippen LogP contribution in [0.1, 0.15) is 72.9 Å². The molecule has 95 heavy (non-hydrogen) atoms. The molecule has 0 unspecified atom stereocenters. The van der Waals surface area contributed by atoms with E-state index >= 15 is 0 Å². The second-order valence-corrected chi connectivity index (χ2v) is 24.9. The summed E-state index contributed by atoms with van der Waals surface area (Å²) in [5.74, 6) is 1.03. The van der Waals surface area contributed by atoms with Gasteiger partial charge >= 0.3 is 20.1 Å². The summed E-state index contributed by atoms with van der Waals surface area (Å²) in [5, 5.41) is 6.66. The predicted molar refractivity (Wildman–Crippen MR) is 383 cm³/mol. The summed E-state index contributed by atoms with van der Waals surface area (Å²) >= 11 is 0. The Labute approximate surface area is 566 Å². The van der Waals surface area contributed by atoms with Crippen molar-refractivity contribution in [3.05, 3.63) is 325 Å². The minimum atomic E-state index is -0.292. The summed E-state index contributed by atoms with van der Waals surface area (Å²) in [4.78, 5) is 14.0. The molecule has 11 aromatic carbocycles. The van der Waals surface area contributed by atoms with E-state index in [1.165, 1.54) is 73.3 Å². The second-order valence-electron chi connectivity index (χ2n) is 24.9. The average molecular weight is 1410 g/mol. The molecule has 0 saturated carbocycles. The molecule has 0 fully saturated rings. The van der Waals surface area contributed by atoms with Crippen molar-refractivity contribution in [1.82, 2.24) is 19.5 Å². The Morgan fingerprint density at radius 3 is 1.72 bits per heavy atom. The zero-order chi connectivity index (χ0) is 63.7. The standard InChI is InChI=1S/C49H37N2O2.C38H29FN2.Ir/c1-29(2)42-26-35(33-18-21-38-37-13-8-9-16-44(37)52-45(38)28-33)27-43(30(3)4)46(42)51-24-23-50-49(51)41-15-10-14-39-40-22-19-34-25-32(31-11-6-5-7-12-31)17-20-36(34)47(40)53-48(39)41;39-36-20-18-34(19-21-36)38-22-15-29(27-41-38)10-12-31-24-30(25-35(26-31)32-6-2-1-3-7-32)11-9-28-13-16-33(17-14-28)37-8-4-5-23-40-37;/h5-14,16-30H,1-4H3;1-8,13-16,18,20-27H,9-12H2;/q-1;-2;+3. The summed E-state index contributed by atoms with van der Waals surface area (Å²) in [6.45, 7) is 9.08.